The van der Waals surface area contributed by atoms with E-state index in [1.165, 1.54) is 7.11 Å². The number of carbonyl (C=O) groups is 2. The summed E-state index contributed by atoms with van der Waals surface area (Å²) in [5.41, 5.74) is 0.479. The van der Waals surface area contributed by atoms with Gasteiger partial charge in [-0.15, -0.1) is 11.8 Å². The van der Waals surface area contributed by atoms with E-state index < -0.39 is 29.9 Å². The molecule has 7 nitrogen and oxygen atoms in total. The molecular formula is C25H37NO6S. The summed E-state index contributed by atoms with van der Waals surface area (Å²) in [5.74, 6) is -0.535. The Hall–Kier alpha value is -2.03. The largest absolute Gasteiger partial charge is 0.469 e. The number of benzene rings is 1. The molecule has 1 unspecified atom stereocenters. The molecule has 1 fully saturated rings. The number of carbonyl (C=O) groups excluding carboxylic acids is 2. The molecule has 0 aromatic heterocycles. The molecule has 0 bridgehead atoms. The van der Waals surface area contributed by atoms with Crippen LogP contribution in [0.15, 0.2) is 42.5 Å². The van der Waals surface area contributed by atoms with E-state index in [1.54, 1.807) is 28.8 Å². The number of ether oxygens (including phenoxy) is 2. The zero-order chi connectivity index (χ0) is 24.8. The standard InChI is InChI=1S/C25H37NO6S/c1-24(2,3)32-23(30)26-20(13-12-18(27)15-19(28)16-22(29)31-6)25(4,5)33-21(26)14-17-10-8-7-9-11-17/h7-13,18-21,27-28H,14-16H2,1-6H3/t18-,19-,20-,21?/m0/s1. The van der Waals surface area contributed by atoms with Gasteiger partial charge in [0.2, 0.25) is 0 Å². The first-order valence-corrected chi connectivity index (χ1v) is 12.0. The van der Waals surface area contributed by atoms with E-state index in [1.807, 2.05) is 51.1 Å². The lowest BCUT2D eigenvalue weighted by molar-refractivity contribution is -0.143. The summed E-state index contributed by atoms with van der Waals surface area (Å²) in [4.78, 5) is 26.3. The topological polar surface area (TPSA) is 96.3 Å². The van der Waals surface area contributed by atoms with Crippen LogP contribution in [0, 0.1) is 0 Å². The van der Waals surface area contributed by atoms with E-state index in [0.29, 0.717) is 6.42 Å². The fourth-order valence-electron chi connectivity index (χ4n) is 3.77. The second-order valence-electron chi connectivity index (χ2n) is 9.82. The van der Waals surface area contributed by atoms with Gasteiger partial charge < -0.3 is 19.7 Å². The molecule has 1 heterocycles. The summed E-state index contributed by atoms with van der Waals surface area (Å²) < 4.78 is 9.94. The Labute approximate surface area is 201 Å². The first-order valence-electron chi connectivity index (χ1n) is 11.2. The van der Waals surface area contributed by atoms with Crippen LogP contribution in [0.1, 0.15) is 53.0 Å². The molecule has 0 saturated carbocycles. The maximum absolute atomic E-state index is 13.2. The number of amides is 1. The lowest BCUT2D eigenvalue weighted by atomic mass is 9.99. The second-order valence-corrected chi connectivity index (χ2v) is 11.7. The molecular weight excluding hydrogens is 442 g/mol. The van der Waals surface area contributed by atoms with Crippen molar-refractivity contribution in [1.29, 1.82) is 0 Å². The Morgan fingerprint density at radius 2 is 1.85 bits per heavy atom. The number of aliphatic hydroxyl groups excluding tert-OH is 2. The molecule has 33 heavy (non-hydrogen) atoms. The molecule has 2 N–H and O–H groups in total. The van der Waals surface area contributed by atoms with Gasteiger partial charge in [-0.1, -0.05) is 42.5 Å². The van der Waals surface area contributed by atoms with Gasteiger partial charge in [-0.25, -0.2) is 4.79 Å². The molecule has 0 spiro atoms. The van der Waals surface area contributed by atoms with Gasteiger partial charge >= 0.3 is 12.1 Å². The Balaban J connectivity index is 2.23. The summed E-state index contributed by atoms with van der Waals surface area (Å²) in [7, 11) is 1.25. The maximum atomic E-state index is 13.2. The van der Waals surface area contributed by atoms with Crippen molar-refractivity contribution in [3.8, 4) is 0 Å². The number of nitrogens with zero attached hydrogens (tertiary/aromatic N) is 1. The minimum atomic E-state index is -1.02. The zero-order valence-corrected chi connectivity index (χ0v) is 21.2. The number of thioether (sulfide) groups is 1. The van der Waals surface area contributed by atoms with Crippen LogP contribution >= 0.6 is 11.8 Å². The van der Waals surface area contributed by atoms with Gasteiger partial charge in [-0.3, -0.25) is 9.69 Å². The minimum absolute atomic E-state index is 0.00816. The van der Waals surface area contributed by atoms with Crippen molar-refractivity contribution in [3.05, 3.63) is 48.0 Å². The average molecular weight is 480 g/mol. The molecule has 4 atom stereocenters. The van der Waals surface area contributed by atoms with Crippen LogP contribution in [0.2, 0.25) is 0 Å². The highest BCUT2D eigenvalue weighted by molar-refractivity contribution is 8.01. The van der Waals surface area contributed by atoms with Crippen molar-refractivity contribution >= 4 is 23.8 Å². The highest BCUT2D eigenvalue weighted by atomic mass is 32.2. The Kier molecular flexibility index (Phi) is 9.40. The van der Waals surface area contributed by atoms with Crippen LogP contribution < -0.4 is 0 Å². The molecule has 1 aromatic rings. The summed E-state index contributed by atoms with van der Waals surface area (Å²) in [6.07, 6.45) is 1.46. The van der Waals surface area contributed by atoms with Crippen molar-refractivity contribution in [3.63, 3.8) is 0 Å². The predicted molar refractivity (Wildman–Crippen MR) is 130 cm³/mol. The molecule has 1 aliphatic rings. The van der Waals surface area contributed by atoms with E-state index in [0.717, 1.165) is 5.56 Å². The number of esters is 1. The SMILES string of the molecule is COC(=O)C[C@@H](O)C[C@@H](O)C=C[C@@H]1N(C(=O)OC(C)(C)C)C(Cc2ccccc2)SC1(C)C. The van der Waals surface area contributed by atoms with Crippen LogP contribution in [0.4, 0.5) is 4.79 Å². The van der Waals surface area contributed by atoms with E-state index in [4.69, 9.17) is 4.74 Å². The highest BCUT2D eigenvalue weighted by Crippen LogP contribution is 2.46. The van der Waals surface area contributed by atoms with Crippen molar-refractivity contribution in [1.82, 2.24) is 4.90 Å². The molecule has 1 amide bonds. The lowest BCUT2D eigenvalue weighted by Crippen LogP contribution is -2.47. The van der Waals surface area contributed by atoms with Crippen molar-refractivity contribution in [2.75, 3.05) is 7.11 Å². The van der Waals surface area contributed by atoms with E-state index >= 15 is 0 Å². The molecule has 1 aromatic carbocycles. The number of methoxy groups -OCH3 is 1. The normalized spacial score (nSPS) is 22.2. The Bertz CT molecular complexity index is 820. The van der Waals surface area contributed by atoms with E-state index in [-0.39, 0.29) is 29.0 Å². The van der Waals surface area contributed by atoms with Crippen LogP contribution in [0.25, 0.3) is 0 Å². The van der Waals surface area contributed by atoms with Crippen molar-refractivity contribution in [2.24, 2.45) is 0 Å². The number of hydrogen-bond donors (Lipinski definition) is 2. The fourth-order valence-corrected chi connectivity index (χ4v) is 5.41. The monoisotopic (exact) mass is 479 g/mol. The van der Waals surface area contributed by atoms with Gasteiger partial charge in [-0.2, -0.15) is 0 Å². The van der Waals surface area contributed by atoms with Gasteiger partial charge in [0.1, 0.15) is 5.60 Å². The van der Waals surface area contributed by atoms with Gasteiger partial charge in [-0.05, 0) is 40.2 Å². The summed E-state index contributed by atoms with van der Waals surface area (Å²) in [6.45, 7) is 9.63. The van der Waals surface area contributed by atoms with Crippen LogP contribution in [-0.2, 0) is 20.7 Å². The van der Waals surface area contributed by atoms with E-state index in [2.05, 4.69) is 18.6 Å². The van der Waals surface area contributed by atoms with Gasteiger partial charge in [0.25, 0.3) is 0 Å². The minimum Gasteiger partial charge on any atom is -0.469 e. The van der Waals surface area contributed by atoms with Crippen LogP contribution in [0.3, 0.4) is 0 Å². The van der Waals surface area contributed by atoms with Crippen molar-refractivity contribution < 1.29 is 29.3 Å². The first kappa shape index (κ1) is 27.2. The third kappa shape index (κ3) is 8.36. The summed E-state index contributed by atoms with van der Waals surface area (Å²) in [5, 5.41) is 20.3. The number of rotatable bonds is 8. The molecule has 8 heteroatoms. The number of hydrogen-bond acceptors (Lipinski definition) is 7. The third-order valence-electron chi connectivity index (χ3n) is 5.28. The van der Waals surface area contributed by atoms with Gasteiger partial charge in [0.15, 0.2) is 0 Å². The summed E-state index contributed by atoms with van der Waals surface area (Å²) in [6, 6.07) is 9.66. The Morgan fingerprint density at radius 1 is 1.21 bits per heavy atom. The fraction of sp³-hybridized carbons (Fsp3) is 0.600. The molecule has 0 aliphatic carbocycles. The lowest BCUT2D eigenvalue weighted by Gasteiger charge is -2.33. The molecule has 2 rings (SSSR count). The number of aliphatic hydroxyl groups is 2. The third-order valence-corrected chi connectivity index (χ3v) is 6.79. The van der Waals surface area contributed by atoms with Gasteiger partial charge in [0.05, 0.1) is 37.2 Å². The smallest absolute Gasteiger partial charge is 0.411 e. The van der Waals surface area contributed by atoms with Gasteiger partial charge in [0, 0.05) is 17.6 Å². The van der Waals surface area contributed by atoms with Crippen molar-refractivity contribution in [2.45, 2.75) is 87.9 Å². The second kappa shape index (κ2) is 11.4. The van der Waals surface area contributed by atoms with Crippen LogP contribution in [-0.4, -0.2) is 68.3 Å². The maximum Gasteiger partial charge on any atom is 0.411 e. The molecule has 184 valence electrons. The highest BCUT2D eigenvalue weighted by Gasteiger charge is 2.49. The quantitative estimate of drug-likeness (QED) is 0.431. The van der Waals surface area contributed by atoms with E-state index in [9.17, 15) is 19.8 Å². The molecule has 1 saturated heterocycles. The molecule has 1 aliphatic heterocycles. The molecule has 0 radical (unpaired) electrons. The van der Waals surface area contributed by atoms with Crippen LogP contribution in [0.5, 0.6) is 0 Å². The Morgan fingerprint density at radius 3 is 2.42 bits per heavy atom. The predicted octanol–water partition coefficient (Wildman–Crippen LogP) is 3.92. The summed E-state index contributed by atoms with van der Waals surface area (Å²) >= 11 is 1.69. The first-order chi connectivity index (χ1) is 15.3. The average Bonchev–Trinajstić information content (AvgIpc) is 2.94. The zero-order valence-electron chi connectivity index (χ0n) is 20.4.